The minimum atomic E-state index is 0.261. The topological polar surface area (TPSA) is 22.0 Å². The third kappa shape index (κ3) is 4.21. The molecular formula is C14H23NO. The maximum absolute atomic E-state index is 11.6. The highest BCUT2D eigenvalue weighted by Gasteiger charge is 2.11. The summed E-state index contributed by atoms with van der Waals surface area (Å²) in [4.78, 5) is 11.6. The Morgan fingerprint density at radius 1 is 1.38 bits per heavy atom. The molecule has 1 aromatic heterocycles. The predicted molar refractivity (Wildman–Crippen MR) is 67.7 cm³/mol. The Labute approximate surface area is 98.7 Å². The molecule has 16 heavy (non-hydrogen) atoms. The molecule has 90 valence electrons. The average Bonchev–Trinajstić information content (AvgIpc) is 2.62. The van der Waals surface area contributed by atoms with Crippen LogP contribution in [0.5, 0.6) is 0 Å². The quantitative estimate of drug-likeness (QED) is 0.691. The fourth-order valence-electron chi connectivity index (χ4n) is 1.58. The van der Waals surface area contributed by atoms with Gasteiger partial charge >= 0.3 is 0 Å². The molecule has 2 heteroatoms. The van der Waals surface area contributed by atoms with E-state index in [1.165, 1.54) is 0 Å². The van der Waals surface area contributed by atoms with Gasteiger partial charge in [0.25, 0.3) is 0 Å². The molecule has 0 saturated heterocycles. The lowest BCUT2D eigenvalue weighted by atomic mass is 9.92. The van der Waals surface area contributed by atoms with Gasteiger partial charge in [0, 0.05) is 30.9 Å². The van der Waals surface area contributed by atoms with Crippen LogP contribution in [-0.4, -0.2) is 10.4 Å². The number of Topliss-reactive ketones (excluding diaryl/α,β-unsaturated/α-hetero) is 1. The van der Waals surface area contributed by atoms with Gasteiger partial charge in [-0.25, -0.2) is 0 Å². The molecule has 0 fully saturated rings. The smallest absolute Gasteiger partial charge is 0.164 e. The number of carbonyl (C=O) groups is 1. The van der Waals surface area contributed by atoms with Crippen LogP contribution in [0.1, 0.15) is 57.3 Å². The summed E-state index contributed by atoms with van der Waals surface area (Å²) in [6.45, 7) is 9.73. The lowest BCUT2D eigenvalue weighted by molar-refractivity contribution is 0.0981. The Kier molecular flexibility index (Phi) is 4.34. The number of carbonyl (C=O) groups excluding carboxylic acids is 1. The molecule has 0 aliphatic heterocycles. The fraction of sp³-hybridized carbons (Fsp3) is 0.643. The highest BCUT2D eigenvalue weighted by atomic mass is 16.1. The van der Waals surface area contributed by atoms with E-state index >= 15 is 0 Å². The van der Waals surface area contributed by atoms with E-state index < -0.39 is 0 Å². The van der Waals surface area contributed by atoms with Crippen LogP contribution in [0.2, 0.25) is 0 Å². The molecule has 0 bridgehead atoms. The van der Waals surface area contributed by atoms with Gasteiger partial charge in [0.05, 0.1) is 0 Å². The molecule has 0 unspecified atom stereocenters. The molecule has 0 amide bonds. The summed E-state index contributed by atoms with van der Waals surface area (Å²) in [7, 11) is 0. The zero-order valence-corrected chi connectivity index (χ0v) is 10.9. The van der Waals surface area contributed by atoms with Gasteiger partial charge in [-0.05, 0) is 24.3 Å². The van der Waals surface area contributed by atoms with Crippen LogP contribution >= 0.6 is 0 Å². The number of rotatable bonds is 5. The van der Waals surface area contributed by atoms with Crippen LogP contribution in [-0.2, 0) is 6.54 Å². The van der Waals surface area contributed by atoms with Crippen LogP contribution < -0.4 is 0 Å². The molecule has 0 atom stereocenters. The van der Waals surface area contributed by atoms with E-state index in [9.17, 15) is 4.79 Å². The van der Waals surface area contributed by atoms with E-state index in [2.05, 4.69) is 25.3 Å². The first-order valence-electron chi connectivity index (χ1n) is 6.11. The molecule has 1 aromatic rings. The van der Waals surface area contributed by atoms with E-state index in [-0.39, 0.29) is 5.78 Å². The number of nitrogens with zero attached hydrogens (tertiary/aromatic N) is 1. The van der Waals surface area contributed by atoms with Crippen molar-refractivity contribution in [3.63, 3.8) is 0 Å². The van der Waals surface area contributed by atoms with Crippen LogP contribution in [0.4, 0.5) is 0 Å². The number of ketones is 1. The summed E-state index contributed by atoms with van der Waals surface area (Å²) in [5.74, 6) is 0.261. The highest BCUT2D eigenvalue weighted by molar-refractivity contribution is 5.95. The maximum Gasteiger partial charge on any atom is 0.164 e. The summed E-state index contributed by atoms with van der Waals surface area (Å²) < 4.78 is 2.12. The molecule has 0 radical (unpaired) electrons. The van der Waals surface area contributed by atoms with Gasteiger partial charge in [-0.1, -0.05) is 27.7 Å². The van der Waals surface area contributed by atoms with Crippen molar-refractivity contribution in [2.24, 2.45) is 5.41 Å². The first-order valence-corrected chi connectivity index (χ1v) is 6.11. The molecule has 0 spiro atoms. The Hall–Kier alpha value is -1.05. The van der Waals surface area contributed by atoms with Crippen LogP contribution in [0.25, 0.3) is 0 Å². The second kappa shape index (κ2) is 5.33. The first-order chi connectivity index (χ1) is 7.42. The van der Waals surface area contributed by atoms with Crippen LogP contribution in [0.15, 0.2) is 18.5 Å². The van der Waals surface area contributed by atoms with Gasteiger partial charge in [-0.2, -0.15) is 0 Å². The molecule has 2 nitrogen and oxygen atoms in total. The van der Waals surface area contributed by atoms with Crippen molar-refractivity contribution in [1.82, 2.24) is 4.57 Å². The summed E-state index contributed by atoms with van der Waals surface area (Å²) in [5, 5.41) is 0. The zero-order chi connectivity index (χ0) is 12.2. The van der Waals surface area contributed by atoms with Crippen molar-refractivity contribution in [1.29, 1.82) is 0 Å². The number of aryl methyl sites for hydroxylation is 1. The van der Waals surface area contributed by atoms with Gasteiger partial charge in [-0.3, -0.25) is 4.79 Å². The molecule has 0 aliphatic carbocycles. The number of hydrogen-bond donors (Lipinski definition) is 0. The summed E-state index contributed by atoms with van der Waals surface area (Å²) in [5.41, 5.74) is 1.20. The Balaban J connectivity index is 2.55. The van der Waals surface area contributed by atoms with Crippen molar-refractivity contribution in [3.05, 3.63) is 24.0 Å². The molecule has 0 N–H and O–H groups in total. The Morgan fingerprint density at radius 3 is 2.62 bits per heavy atom. The molecule has 1 rings (SSSR count). The molecular weight excluding hydrogens is 198 g/mol. The average molecular weight is 221 g/mol. The van der Waals surface area contributed by atoms with Gasteiger partial charge in [-0.15, -0.1) is 0 Å². The maximum atomic E-state index is 11.6. The largest absolute Gasteiger partial charge is 0.353 e. The van der Waals surface area contributed by atoms with Gasteiger partial charge in [0.2, 0.25) is 0 Å². The van der Waals surface area contributed by atoms with Gasteiger partial charge in [0.1, 0.15) is 0 Å². The summed E-state index contributed by atoms with van der Waals surface area (Å²) in [6.07, 6.45) is 6.69. The predicted octanol–water partition coefficient (Wildman–Crippen LogP) is 3.91. The van der Waals surface area contributed by atoms with E-state index in [0.29, 0.717) is 11.8 Å². The highest BCUT2D eigenvalue weighted by Crippen LogP contribution is 2.19. The minimum Gasteiger partial charge on any atom is -0.353 e. The third-order valence-corrected chi connectivity index (χ3v) is 2.67. The van der Waals surface area contributed by atoms with Crippen molar-refractivity contribution >= 4 is 5.78 Å². The SMILES string of the molecule is CCCC(=O)c1ccn(CCC(C)(C)C)c1. The summed E-state index contributed by atoms with van der Waals surface area (Å²) >= 11 is 0. The Bertz CT molecular complexity index is 344. The Morgan fingerprint density at radius 2 is 2.06 bits per heavy atom. The third-order valence-electron chi connectivity index (χ3n) is 2.67. The standard InChI is InChI=1S/C14H23NO/c1-5-6-13(16)12-7-9-15(11-12)10-8-14(2,3)4/h7,9,11H,5-6,8,10H2,1-4H3. The van der Waals surface area contributed by atoms with E-state index in [0.717, 1.165) is 24.9 Å². The minimum absolute atomic E-state index is 0.261. The second-order valence-electron chi connectivity index (χ2n) is 5.62. The van der Waals surface area contributed by atoms with Crippen molar-refractivity contribution < 1.29 is 4.79 Å². The van der Waals surface area contributed by atoms with Crippen LogP contribution in [0.3, 0.4) is 0 Å². The normalized spacial score (nSPS) is 11.8. The van der Waals surface area contributed by atoms with Crippen molar-refractivity contribution in [3.8, 4) is 0 Å². The number of hydrogen-bond acceptors (Lipinski definition) is 1. The second-order valence-corrected chi connectivity index (χ2v) is 5.62. The summed E-state index contributed by atoms with van der Waals surface area (Å²) in [6, 6.07) is 1.93. The zero-order valence-electron chi connectivity index (χ0n) is 10.9. The van der Waals surface area contributed by atoms with Crippen molar-refractivity contribution in [2.45, 2.75) is 53.5 Å². The van der Waals surface area contributed by atoms with Gasteiger partial charge < -0.3 is 4.57 Å². The molecule has 1 heterocycles. The van der Waals surface area contributed by atoms with E-state index in [1.54, 1.807) is 0 Å². The first kappa shape index (κ1) is 13.0. The molecule has 0 aliphatic rings. The lowest BCUT2D eigenvalue weighted by Crippen LogP contribution is -2.09. The van der Waals surface area contributed by atoms with Crippen LogP contribution in [0, 0.1) is 5.41 Å². The van der Waals surface area contributed by atoms with E-state index in [4.69, 9.17) is 0 Å². The monoisotopic (exact) mass is 221 g/mol. The fourth-order valence-corrected chi connectivity index (χ4v) is 1.58. The lowest BCUT2D eigenvalue weighted by Gasteiger charge is -2.18. The van der Waals surface area contributed by atoms with Crippen molar-refractivity contribution in [2.75, 3.05) is 0 Å². The van der Waals surface area contributed by atoms with Gasteiger partial charge in [0.15, 0.2) is 5.78 Å². The van der Waals surface area contributed by atoms with E-state index in [1.807, 2.05) is 25.4 Å². The molecule has 0 saturated carbocycles. The number of aromatic nitrogens is 1. The molecule has 0 aromatic carbocycles.